The molecule has 2 aromatic rings. The zero-order valence-corrected chi connectivity index (χ0v) is 19.2. The van der Waals surface area contributed by atoms with Gasteiger partial charge in [-0.1, -0.05) is 42.5 Å². The molecule has 6 nitrogen and oxygen atoms in total. The molecule has 4 rings (SSSR count). The van der Waals surface area contributed by atoms with Gasteiger partial charge in [0, 0.05) is 36.4 Å². The van der Waals surface area contributed by atoms with Gasteiger partial charge in [-0.2, -0.15) is 0 Å². The first-order valence-corrected chi connectivity index (χ1v) is 11.2. The fourth-order valence-corrected chi connectivity index (χ4v) is 4.81. The van der Waals surface area contributed by atoms with Crippen molar-refractivity contribution in [3.63, 3.8) is 0 Å². The molecular formula is C27H29NO5. The van der Waals surface area contributed by atoms with Crippen molar-refractivity contribution in [3.05, 3.63) is 77.0 Å². The molecule has 0 fully saturated rings. The number of aliphatic imine (C=N–C) groups is 1. The minimum atomic E-state index is -0.661. The molecule has 0 aromatic heterocycles. The SMILES string of the molecule is COCCOC(=O)C1C(C)=NC2=C(C(=O)C[C@H](c3ccccc3)C2)[C@@H]1c1ccc(OC)cc1. The summed E-state index contributed by atoms with van der Waals surface area (Å²) in [4.78, 5) is 31.5. The zero-order valence-electron chi connectivity index (χ0n) is 19.2. The third kappa shape index (κ3) is 4.76. The minimum Gasteiger partial charge on any atom is -0.497 e. The summed E-state index contributed by atoms with van der Waals surface area (Å²) in [6, 6.07) is 17.6. The number of allylic oxidation sites excluding steroid dienone is 2. The number of hydrogen-bond donors (Lipinski definition) is 0. The molecular weight excluding hydrogens is 418 g/mol. The Balaban J connectivity index is 1.74. The van der Waals surface area contributed by atoms with Gasteiger partial charge >= 0.3 is 5.97 Å². The molecule has 1 heterocycles. The van der Waals surface area contributed by atoms with Crippen molar-refractivity contribution in [2.24, 2.45) is 10.9 Å². The number of rotatable bonds is 7. The average molecular weight is 448 g/mol. The summed E-state index contributed by atoms with van der Waals surface area (Å²) in [7, 11) is 3.17. The molecule has 0 spiro atoms. The normalized spacial score (nSPS) is 22.5. The number of Topliss-reactive ketones (excluding diaryl/α,β-unsaturated/α-hetero) is 1. The molecule has 0 radical (unpaired) electrons. The zero-order chi connectivity index (χ0) is 23.4. The van der Waals surface area contributed by atoms with Crippen molar-refractivity contribution < 1.29 is 23.8 Å². The van der Waals surface area contributed by atoms with Gasteiger partial charge in [0.25, 0.3) is 0 Å². The smallest absolute Gasteiger partial charge is 0.315 e. The molecule has 2 aromatic carbocycles. The maximum Gasteiger partial charge on any atom is 0.315 e. The number of esters is 1. The van der Waals surface area contributed by atoms with Crippen LogP contribution in [-0.4, -0.2) is 44.9 Å². The van der Waals surface area contributed by atoms with Crippen molar-refractivity contribution >= 4 is 17.5 Å². The highest BCUT2D eigenvalue weighted by molar-refractivity contribution is 6.09. The van der Waals surface area contributed by atoms with Crippen LogP contribution in [0.3, 0.4) is 0 Å². The Morgan fingerprint density at radius 3 is 2.36 bits per heavy atom. The van der Waals surface area contributed by atoms with Gasteiger partial charge in [0.15, 0.2) is 5.78 Å². The molecule has 172 valence electrons. The third-order valence-corrected chi connectivity index (χ3v) is 6.42. The average Bonchev–Trinajstić information content (AvgIpc) is 2.83. The van der Waals surface area contributed by atoms with E-state index in [1.165, 1.54) is 0 Å². The fourth-order valence-electron chi connectivity index (χ4n) is 4.81. The van der Waals surface area contributed by atoms with Crippen LogP contribution < -0.4 is 4.74 Å². The van der Waals surface area contributed by atoms with Gasteiger partial charge in [-0.3, -0.25) is 14.6 Å². The highest BCUT2D eigenvalue weighted by atomic mass is 16.6. The van der Waals surface area contributed by atoms with Crippen LogP contribution in [0.25, 0.3) is 0 Å². The second-order valence-corrected chi connectivity index (χ2v) is 8.44. The Kier molecular flexibility index (Phi) is 7.04. The Labute approximate surface area is 194 Å². The summed E-state index contributed by atoms with van der Waals surface area (Å²) >= 11 is 0. The van der Waals surface area contributed by atoms with Crippen LogP contribution in [0.15, 0.2) is 70.9 Å². The summed E-state index contributed by atoms with van der Waals surface area (Å²) in [6.07, 6.45) is 1.07. The number of ketones is 1. The Hall–Kier alpha value is -3.25. The number of benzene rings is 2. The van der Waals surface area contributed by atoms with Gasteiger partial charge in [-0.15, -0.1) is 0 Å². The van der Waals surface area contributed by atoms with E-state index in [9.17, 15) is 9.59 Å². The second kappa shape index (κ2) is 10.1. The number of carbonyl (C=O) groups is 2. The van der Waals surface area contributed by atoms with E-state index in [-0.39, 0.29) is 18.3 Å². The quantitative estimate of drug-likeness (QED) is 0.463. The maximum atomic E-state index is 13.5. The van der Waals surface area contributed by atoms with Crippen LogP contribution in [0, 0.1) is 5.92 Å². The van der Waals surface area contributed by atoms with Crippen LogP contribution in [0.5, 0.6) is 5.75 Å². The number of nitrogens with zero attached hydrogens (tertiary/aromatic N) is 1. The topological polar surface area (TPSA) is 74.2 Å². The molecule has 2 aliphatic rings. The Bertz CT molecular complexity index is 1070. The Morgan fingerprint density at radius 2 is 1.70 bits per heavy atom. The number of carbonyl (C=O) groups excluding carboxylic acids is 2. The molecule has 6 heteroatoms. The largest absolute Gasteiger partial charge is 0.497 e. The molecule has 33 heavy (non-hydrogen) atoms. The van der Waals surface area contributed by atoms with E-state index >= 15 is 0 Å². The van der Waals surface area contributed by atoms with Gasteiger partial charge in [-0.05, 0) is 42.5 Å². The first-order valence-electron chi connectivity index (χ1n) is 11.2. The van der Waals surface area contributed by atoms with Crippen LogP contribution in [-0.2, 0) is 19.1 Å². The van der Waals surface area contributed by atoms with Crippen LogP contribution in [0.2, 0.25) is 0 Å². The molecule has 0 bridgehead atoms. The molecule has 1 unspecified atom stereocenters. The van der Waals surface area contributed by atoms with Crippen LogP contribution >= 0.6 is 0 Å². The monoisotopic (exact) mass is 447 g/mol. The molecule has 0 saturated heterocycles. The summed E-state index contributed by atoms with van der Waals surface area (Å²) in [6.45, 7) is 2.32. The van der Waals surface area contributed by atoms with E-state index in [0.717, 1.165) is 16.8 Å². The number of methoxy groups -OCH3 is 2. The van der Waals surface area contributed by atoms with Gasteiger partial charge in [0.1, 0.15) is 18.3 Å². The van der Waals surface area contributed by atoms with Gasteiger partial charge in [0.2, 0.25) is 0 Å². The maximum absolute atomic E-state index is 13.5. The van der Waals surface area contributed by atoms with Crippen molar-refractivity contribution in [1.82, 2.24) is 0 Å². The number of ether oxygens (including phenoxy) is 3. The first kappa shape index (κ1) is 22.9. The summed E-state index contributed by atoms with van der Waals surface area (Å²) in [5.41, 5.74) is 4.08. The highest BCUT2D eigenvalue weighted by Crippen LogP contribution is 2.47. The van der Waals surface area contributed by atoms with Crippen molar-refractivity contribution in [2.45, 2.75) is 31.6 Å². The number of hydrogen-bond acceptors (Lipinski definition) is 6. The van der Waals surface area contributed by atoms with Gasteiger partial charge in [0.05, 0.1) is 13.7 Å². The summed E-state index contributed by atoms with van der Waals surface area (Å²) < 4.78 is 15.8. The van der Waals surface area contributed by atoms with E-state index in [4.69, 9.17) is 19.2 Å². The molecule has 0 N–H and O–H groups in total. The fraction of sp³-hybridized carbons (Fsp3) is 0.370. The van der Waals surface area contributed by atoms with E-state index in [1.54, 1.807) is 14.2 Å². The van der Waals surface area contributed by atoms with Crippen molar-refractivity contribution in [3.8, 4) is 5.75 Å². The lowest BCUT2D eigenvalue weighted by atomic mass is 9.69. The summed E-state index contributed by atoms with van der Waals surface area (Å²) in [5, 5.41) is 0. The van der Waals surface area contributed by atoms with Crippen LogP contribution in [0.1, 0.15) is 42.7 Å². The molecule has 0 amide bonds. The van der Waals surface area contributed by atoms with Gasteiger partial charge < -0.3 is 14.2 Å². The molecule has 1 aliphatic carbocycles. The van der Waals surface area contributed by atoms with E-state index < -0.39 is 17.8 Å². The lowest BCUT2D eigenvalue weighted by Crippen LogP contribution is -2.38. The summed E-state index contributed by atoms with van der Waals surface area (Å²) in [5.74, 6) is -0.660. The van der Waals surface area contributed by atoms with E-state index in [1.807, 2.05) is 49.4 Å². The second-order valence-electron chi connectivity index (χ2n) is 8.44. The van der Waals surface area contributed by atoms with E-state index in [2.05, 4.69) is 12.1 Å². The predicted octanol–water partition coefficient (Wildman–Crippen LogP) is 4.46. The van der Waals surface area contributed by atoms with Gasteiger partial charge in [-0.25, -0.2) is 0 Å². The van der Waals surface area contributed by atoms with Crippen LogP contribution in [0.4, 0.5) is 0 Å². The van der Waals surface area contributed by atoms with Crippen molar-refractivity contribution in [2.75, 3.05) is 27.4 Å². The van der Waals surface area contributed by atoms with E-state index in [0.29, 0.717) is 36.5 Å². The Morgan fingerprint density at radius 1 is 0.970 bits per heavy atom. The third-order valence-electron chi connectivity index (χ3n) is 6.42. The standard InChI is InChI=1S/C27H29NO5/c1-17-24(27(30)33-14-13-31-2)25(19-9-11-21(32-3)12-10-19)26-22(28-17)15-20(16-23(26)29)18-7-5-4-6-8-18/h4-12,20,24-25H,13-16H2,1-3H3/t20-,24?,25-/m1/s1. The first-order chi connectivity index (χ1) is 16.0. The predicted molar refractivity (Wildman–Crippen MR) is 126 cm³/mol. The van der Waals surface area contributed by atoms with Crippen molar-refractivity contribution in [1.29, 1.82) is 0 Å². The molecule has 3 atom stereocenters. The molecule has 1 aliphatic heterocycles. The lowest BCUT2D eigenvalue weighted by Gasteiger charge is -2.36. The highest BCUT2D eigenvalue weighted by Gasteiger charge is 2.44. The molecule has 0 saturated carbocycles. The minimum absolute atomic E-state index is 0.0388. The lowest BCUT2D eigenvalue weighted by molar-refractivity contribution is -0.147.